The molecule has 1 aromatic carbocycles. The number of hydrogen-bond acceptors (Lipinski definition) is 3. The number of aromatic nitrogens is 1. The Bertz CT molecular complexity index is 721. The zero-order valence-corrected chi connectivity index (χ0v) is 16.5. The Morgan fingerprint density at radius 2 is 2.12 bits per heavy atom. The molecule has 0 bridgehead atoms. The predicted molar refractivity (Wildman–Crippen MR) is 105 cm³/mol. The molecule has 0 aliphatic heterocycles. The van der Waals surface area contributed by atoms with Gasteiger partial charge in [-0.3, -0.25) is 4.99 Å². The molecule has 0 spiro atoms. The monoisotopic (exact) mass is 406 g/mol. The van der Waals surface area contributed by atoms with Gasteiger partial charge < -0.3 is 10.6 Å². The Hall–Kier alpha value is -1.40. The van der Waals surface area contributed by atoms with Crippen LogP contribution < -0.4 is 10.6 Å². The third-order valence-corrected chi connectivity index (χ3v) is 6.19. The molecule has 0 unspecified atom stereocenters. The molecule has 1 heterocycles. The van der Waals surface area contributed by atoms with Gasteiger partial charge >= 0.3 is 0 Å². The van der Waals surface area contributed by atoms with Crippen LogP contribution in [0.25, 0.3) is 0 Å². The molecule has 0 atom stereocenters. The van der Waals surface area contributed by atoms with E-state index < -0.39 is 0 Å². The Morgan fingerprint density at radius 3 is 2.75 bits per heavy atom. The van der Waals surface area contributed by atoms with Gasteiger partial charge in [-0.25, -0.2) is 4.98 Å². The van der Waals surface area contributed by atoms with E-state index in [1.54, 1.807) is 11.3 Å². The number of hydrogen-bond donors (Lipinski definition) is 2. The topological polar surface area (TPSA) is 49.3 Å². The predicted octanol–water partition coefficient (Wildman–Crippen LogP) is 3.86. The zero-order valence-electron chi connectivity index (χ0n) is 14.1. The van der Waals surface area contributed by atoms with Crippen LogP contribution in [-0.2, 0) is 18.4 Å². The maximum Gasteiger partial charge on any atom is 0.191 e. The maximum atomic E-state index is 4.58. The first-order valence-corrected chi connectivity index (χ1v) is 9.97. The van der Waals surface area contributed by atoms with E-state index in [2.05, 4.69) is 73.1 Å². The van der Waals surface area contributed by atoms with Crippen LogP contribution in [0.4, 0.5) is 0 Å². The number of benzene rings is 1. The van der Waals surface area contributed by atoms with E-state index in [9.17, 15) is 0 Å². The Balaban J connectivity index is 1.56. The summed E-state index contributed by atoms with van der Waals surface area (Å²) in [6.45, 7) is 3.73. The quantitative estimate of drug-likeness (QED) is 0.565. The van der Waals surface area contributed by atoms with Crippen LogP contribution in [0.3, 0.4) is 0 Å². The van der Waals surface area contributed by atoms with E-state index in [0.717, 1.165) is 24.6 Å². The number of thiazole rings is 1. The lowest BCUT2D eigenvalue weighted by atomic mass is 9.96. The van der Waals surface area contributed by atoms with Gasteiger partial charge in [0.25, 0.3) is 0 Å². The third-order valence-electron chi connectivity index (χ3n) is 4.46. The average Bonchev–Trinajstić information content (AvgIpc) is 3.24. The minimum atomic E-state index is 0.230. The average molecular weight is 407 g/mol. The van der Waals surface area contributed by atoms with Gasteiger partial charge in [-0.15, -0.1) is 11.3 Å². The highest BCUT2D eigenvalue weighted by atomic mass is 79.9. The maximum absolute atomic E-state index is 4.58. The summed E-state index contributed by atoms with van der Waals surface area (Å²) < 4.78 is 1.20. The Kier molecular flexibility index (Phi) is 5.56. The summed E-state index contributed by atoms with van der Waals surface area (Å²) >= 11 is 5.40. The summed E-state index contributed by atoms with van der Waals surface area (Å²) in [5, 5.41) is 10.1. The first-order chi connectivity index (χ1) is 11.7. The van der Waals surface area contributed by atoms with Gasteiger partial charge in [0.2, 0.25) is 0 Å². The van der Waals surface area contributed by atoms with Gasteiger partial charge in [-0.1, -0.05) is 41.1 Å². The molecule has 0 saturated heterocycles. The first kappa shape index (κ1) is 17.4. The lowest BCUT2D eigenvalue weighted by Gasteiger charge is -2.20. The molecule has 1 aromatic heterocycles. The van der Waals surface area contributed by atoms with Crippen molar-refractivity contribution in [3.05, 3.63) is 50.4 Å². The second kappa shape index (κ2) is 7.66. The summed E-state index contributed by atoms with van der Waals surface area (Å²) in [6, 6.07) is 8.52. The van der Waals surface area contributed by atoms with Crippen molar-refractivity contribution in [1.29, 1.82) is 0 Å². The normalized spacial score (nSPS) is 16.0. The molecule has 0 amide bonds. The number of nitrogens with zero attached hydrogens (tertiary/aromatic N) is 2. The van der Waals surface area contributed by atoms with Crippen LogP contribution in [-0.4, -0.2) is 24.5 Å². The van der Waals surface area contributed by atoms with Gasteiger partial charge in [0.1, 0.15) is 0 Å². The van der Waals surface area contributed by atoms with E-state index in [1.807, 2.05) is 7.05 Å². The number of nitrogens with one attached hydrogen (secondary N) is 2. The summed E-state index contributed by atoms with van der Waals surface area (Å²) in [5.41, 5.74) is 2.69. The van der Waals surface area contributed by atoms with Crippen molar-refractivity contribution in [3.63, 3.8) is 0 Å². The van der Waals surface area contributed by atoms with Gasteiger partial charge in [0, 0.05) is 28.9 Å². The van der Waals surface area contributed by atoms with Crippen molar-refractivity contribution in [1.82, 2.24) is 15.6 Å². The highest BCUT2D eigenvalue weighted by molar-refractivity contribution is 9.10. The van der Waals surface area contributed by atoms with Crippen molar-refractivity contribution in [2.24, 2.45) is 4.99 Å². The van der Waals surface area contributed by atoms with E-state index in [-0.39, 0.29) is 5.41 Å². The lowest BCUT2D eigenvalue weighted by molar-refractivity contribution is 0.642. The summed E-state index contributed by atoms with van der Waals surface area (Å²) in [7, 11) is 1.81. The minimum absolute atomic E-state index is 0.230. The van der Waals surface area contributed by atoms with Crippen molar-refractivity contribution >= 4 is 33.2 Å². The smallest absolute Gasteiger partial charge is 0.191 e. The second-order valence-corrected chi connectivity index (χ2v) is 7.92. The molecule has 128 valence electrons. The van der Waals surface area contributed by atoms with Gasteiger partial charge in [0.05, 0.1) is 17.2 Å². The second-order valence-electron chi connectivity index (χ2n) is 6.13. The molecule has 0 radical (unpaired) electrons. The molecular formula is C18H23BrN4S. The zero-order chi connectivity index (χ0) is 17.0. The minimum Gasteiger partial charge on any atom is -0.356 e. The van der Waals surface area contributed by atoms with Crippen LogP contribution in [0, 0.1) is 0 Å². The molecule has 1 fully saturated rings. The summed E-state index contributed by atoms with van der Waals surface area (Å²) in [6.07, 6.45) is 3.42. The van der Waals surface area contributed by atoms with Gasteiger partial charge in [-0.05, 0) is 30.9 Å². The first-order valence-electron chi connectivity index (χ1n) is 8.29. The Morgan fingerprint density at radius 1 is 1.33 bits per heavy atom. The molecule has 1 aliphatic carbocycles. The number of halogens is 1. The molecule has 2 aromatic rings. The molecule has 2 N–H and O–H groups in total. The van der Waals surface area contributed by atoms with Gasteiger partial charge in [-0.2, -0.15) is 0 Å². The largest absolute Gasteiger partial charge is 0.356 e. The molecule has 24 heavy (non-hydrogen) atoms. The van der Waals surface area contributed by atoms with Crippen LogP contribution in [0.2, 0.25) is 0 Å². The molecule has 1 aliphatic rings. The van der Waals surface area contributed by atoms with E-state index in [0.29, 0.717) is 6.54 Å². The van der Waals surface area contributed by atoms with Crippen molar-refractivity contribution < 1.29 is 0 Å². The summed E-state index contributed by atoms with van der Waals surface area (Å²) in [5.74, 6) is 0.833. The van der Waals surface area contributed by atoms with Crippen molar-refractivity contribution in [2.45, 2.75) is 38.1 Å². The van der Waals surface area contributed by atoms with E-state index in [1.165, 1.54) is 27.9 Å². The fraction of sp³-hybridized carbons (Fsp3) is 0.444. The van der Waals surface area contributed by atoms with E-state index >= 15 is 0 Å². The summed E-state index contributed by atoms with van der Waals surface area (Å²) in [4.78, 5) is 8.92. The standard InChI is InChI=1S/C18H23BrN4S/c1-3-16-23-13(11-24-16)10-21-17(20-2)22-12-18(8-9-18)14-6-4-5-7-15(14)19/h4-7,11H,3,8-10,12H2,1-2H3,(H2,20,21,22). The number of rotatable bonds is 6. The SMILES string of the molecule is CCc1nc(CNC(=NC)NCC2(c3ccccc3Br)CC2)cs1. The molecule has 6 heteroatoms. The lowest BCUT2D eigenvalue weighted by Crippen LogP contribution is -2.41. The molecular weight excluding hydrogens is 384 g/mol. The van der Waals surface area contributed by atoms with Crippen LogP contribution in [0.5, 0.6) is 0 Å². The highest BCUT2D eigenvalue weighted by Crippen LogP contribution is 2.49. The molecule has 1 saturated carbocycles. The number of aryl methyl sites for hydroxylation is 1. The molecule has 4 nitrogen and oxygen atoms in total. The van der Waals surface area contributed by atoms with Crippen molar-refractivity contribution in [3.8, 4) is 0 Å². The fourth-order valence-corrected chi connectivity index (χ4v) is 4.27. The third kappa shape index (κ3) is 3.98. The fourth-order valence-electron chi connectivity index (χ4n) is 2.82. The highest BCUT2D eigenvalue weighted by Gasteiger charge is 2.45. The van der Waals surface area contributed by atoms with E-state index in [4.69, 9.17) is 0 Å². The van der Waals surface area contributed by atoms with Gasteiger partial charge in [0.15, 0.2) is 5.96 Å². The number of guanidine groups is 1. The molecule has 3 rings (SSSR count). The van der Waals surface area contributed by atoms with Crippen LogP contribution in [0.15, 0.2) is 39.1 Å². The Labute approximate surface area is 155 Å². The van der Waals surface area contributed by atoms with Crippen LogP contribution >= 0.6 is 27.3 Å². The number of aliphatic imine (C=N–C) groups is 1. The van der Waals surface area contributed by atoms with Crippen LogP contribution in [0.1, 0.15) is 36.0 Å². The van der Waals surface area contributed by atoms with Crippen molar-refractivity contribution in [2.75, 3.05) is 13.6 Å².